The van der Waals surface area contributed by atoms with Crippen LogP contribution < -0.4 is 4.90 Å². The zero-order valence-corrected chi connectivity index (χ0v) is 20.5. The number of amides is 1. The molecule has 2 aromatic rings. The van der Waals surface area contributed by atoms with E-state index in [4.69, 9.17) is 0 Å². The number of carboxylic acid groups (broad SMARTS) is 1. The van der Waals surface area contributed by atoms with E-state index >= 15 is 0 Å². The molecule has 0 aliphatic heterocycles. The molecule has 1 aliphatic carbocycles. The Balaban J connectivity index is 2.03. The third-order valence-electron chi connectivity index (χ3n) is 6.38. The number of carbonyl (C=O) groups is 1. The third-order valence-corrected chi connectivity index (χ3v) is 6.38. The second kappa shape index (κ2) is 11.0. The van der Waals surface area contributed by atoms with Gasteiger partial charge in [-0.15, -0.1) is 0 Å². The number of nitrogens with zero attached hydrogens (tertiary/aromatic N) is 3. The van der Waals surface area contributed by atoms with Crippen molar-refractivity contribution >= 4 is 11.8 Å². The van der Waals surface area contributed by atoms with Gasteiger partial charge in [0.2, 0.25) is 0 Å². The Morgan fingerprint density at radius 3 is 2.46 bits per heavy atom. The molecule has 0 saturated carbocycles. The van der Waals surface area contributed by atoms with Crippen LogP contribution >= 0.6 is 0 Å². The largest absolute Gasteiger partial charge is 0.465 e. The minimum atomic E-state index is -4.63. The lowest BCUT2D eigenvalue weighted by molar-refractivity contribution is -0.137. The van der Waals surface area contributed by atoms with Crippen LogP contribution in [-0.4, -0.2) is 29.2 Å². The van der Waals surface area contributed by atoms with Gasteiger partial charge in [-0.25, -0.2) is 4.79 Å². The Morgan fingerprint density at radius 1 is 1.14 bits per heavy atom. The van der Waals surface area contributed by atoms with Crippen molar-refractivity contribution in [2.75, 3.05) is 18.0 Å². The Kier molecular flexibility index (Phi) is 8.31. The molecule has 0 heterocycles. The van der Waals surface area contributed by atoms with E-state index in [0.717, 1.165) is 72.6 Å². The predicted octanol–water partition coefficient (Wildman–Crippen LogP) is 6.62. The molecule has 0 radical (unpaired) electrons. The van der Waals surface area contributed by atoms with E-state index in [0.29, 0.717) is 5.92 Å². The summed E-state index contributed by atoms with van der Waals surface area (Å²) in [5, 5.41) is 19.2. The first-order valence-corrected chi connectivity index (χ1v) is 12.0. The summed E-state index contributed by atoms with van der Waals surface area (Å²) in [5.41, 5.74) is 3.32. The summed E-state index contributed by atoms with van der Waals surface area (Å²) in [6, 6.07) is 8.97. The lowest BCUT2D eigenvalue weighted by atomic mass is 9.86. The number of hydrogen-bond donors (Lipinski definition) is 1. The normalized spacial score (nSPS) is 13.3. The summed E-state index contributed by atoms with van der Waals surface area (Å²) in [6.07, 6.45) is -1.95. The van der Waals surface area contributed by atoms with Crippen molar-refractivity contribution in [3.8, 4) is 6.07 Å². The van der Waals surface area contributed by atoms with Gasteiger partial charge in [0, 0.05) is 25.3 Å². The Hall–Kier alpha value is -3.21. The van der Waals surface area contributed by atoms with Crippen molar-refractivity contribution in [1.82, 2.24) is 4.90 Å². The number of rotatable bonds is 8. The maximum absolute atomic E-state index is 13.4. The minimum absolute atomic E-state index is 0.0700. The van der Waals surface area contributed by atoms with Gasteiger partial charge in [0.25, 0.3) is 0 Å². The number of alkyl halides is 3. The van der Waals surface area contributed by atoms with E-state index in [2.05, 4.69) is 37.8 Å². The molecule has 35 heavy (non-hydrogen) atoms. The molecule has 0 spiro atoms. The topological polar surface area (TPSA) is 67.6 Å². The van der Waals surface area contributed by atoms with Crippen molar-refractivity contribution in [2.45, 2.75) is 65.7 Å². The van der Waals surface area contributed by atoms with Gasteiger partial charge in [0.15, 0.2) is 0 Å². The molecule has 0 atom stereocenters. The van der Waals surface area contributed by atoms with Crippen LogP contribution in [0.4, 0.5) is 23.7 Å². The zero-order valence-electron chi connectivity index (χ0n) is 20.5. The summed E-state index contributed by atoms with van der Waals surface area (Å²) in [6.45, 7) is 7.72. The van der Waals surface area contributed by atoms with E-state index in [1.165, 1.54) is 11.6 Å². The number of benzene rings is 2. The molecule has 0 aromatic heterocycles. The quantitative estimate of drug-likeness (QED) is 0.454. The van der Waals surface area contributed by atoms with E-state index < -0.39 is 17.8 Å². The first-order chi connectivity index (χ1) is 16.5. The highest BCUT2D eigenvalue weighted by atomic mass is 19.4. The van der Waals surface area contributed by atoms with Gasteiger partial charge in [0.05, 0.1) is 23.7 Å². The van der Waals surface area contributed by atoms with Crippen LogP contribution in [0.2, 0.25) is 0 Å². The van der Waals surface area contributed by atoms with Gasteiger partial charge >= 0.3 is 12.3 Å². The fourth-order valence-electron chi connectivity index (χ4n) is 4.82. The predicted molar refractivity (Wildman–Crippen MR) is 129 cm³/mol. The van der Waals surface area contributed by atoms with Gasteiger partial charge in [0.1, 0.15) is 0 Å². The van der Waals surface area contributed by atoms with Crippen LogP contribution in [0.5, 0.6) is 0 Å². The number of fused-ring (bicyclic) bond motifs is 1. The van der Waals surface area contributed by atoms with Gasteiger partial charge in [-0.2, -0.15) is 18.4 Å². The van der Waals surface area contributed by atoms with Gasteiger partial charge in [-0.05, 0) is 85.0 Å². The number of anilines is 1. The molecule has 0 bridgehead atoms. The standard InChI is InChI=1S/C27H32F3N3O2/c1-4-32(15-18(2)3)25-10-9-21-7-5-6-8-23(21)24(25)17-33(26(34)35)16-20-11-19(14-31)12-22(13-20)27(28,29)30/h9-13,18H,4-8,15-17H2,1-3H3,(H,34,35). The summed E-state index contributed by atoms with van der Waals surface area (Å²) < 4.78 is 40.1. The van der Waals surface area contributed by atoms with Crippen molar-refractivity contribution in [3.63, 3.8) is 0 Å². The lowest BCUT2D eigenvalue weighted by Crippen LogP contribution is -2.33. The van der Waals surface area contributed by atoms with E-state index in [-0.39, 0.29) is 24.2 Å². The maximum Gasteiger partial charge on any atom is 0.416 e. The summed E-state index contributed by atoms with van der Waals surface area (Å²) in [4.78, 5) is 15.7. The molecule has 8 heteroatoms. The molecule has 1 N–H and O–H groups in total. The lowest BCUT2D eigenvalue weighted by Gasteiger charge is -2.32. The number of halogens is 3. The van der Waals surface area contributed by atoms with Crippen molar-refractivity contribution in [3.05, 3.63) is 63.7 Å². The highest BCUT2D eigenvalue weighted by molar-refractivity contribution is 5.67. The van der Waals surface area contributed by atoms with Gasteiger partial charge < -0.3 is 10.0 Å². The smallest absolute Gasteiger partial charge is 0.416 e. The average Bonchev–Trinajstić information content (AvgIpc) is 2.81. The van der Waals surface area contributed by atoms with E-state index in [1.54, 1.807) is 6.07 Å². The van der Waals surface area contributed by atoms with Gasteiger partial charge in [-0.1, -0.05) is 19.9 Å². The van der Waals surface area contributed by atoms with E-state index in [9.17, 15) is 28.3 Å². The monoisotopic (exact) mass is 487 g/mol. The second-order valence-corrected chi connectivity index (χ2v) is 9.51. The molecule has 188 valence electrons. The molecule has 2 aromatic carbocycles. The highest BCUT2D eigenvalue weighted by Gasteiger charge is 2.32. The molecular weight excluding hydrogens is 455 g/mol. The highest BCUT2D eigenvalue weighted by Crippen LogP contribution is 2.35. The number of nitriles is 1. The Morgan fingerprint density at radius 2 is 1.86 bits per heavy atom. The fourth-order valence-corrected chi connectivity index (χ4v) is 4.82. The SMILES string of the molecule is CCN(CC(C)C)c1ccc2c(c1CN(Cc1cc(C#N)cc(C(F)(F)F)c1)C(=O)O)CCCC2. The van der Waals surface area contributed by atoms with Gasteiger partial charge in [-0.3, -0.25) is 4.90 Å². The van der Waals surface area contributed by atoms with Crippen LogP contribution in [0.25, 0.3) is 0 Å². The Labute approximate surface area is 204 Å². The van der Waals surface area contributed by atoms with E-state index in [1.807, 2.05) is 0 Å². The molecule has 3 rings (SSSR count). The van der Waals surface area contributed by atoms with Crippen LogP contribution in [0.1, 0.15) is 67.0 Å². The Bertz CT molecular complexity index is 1110. The summed E-state index contributed by atoms with van der Waals surface area (Å²) >= 11 is 0. The molecule has 1 amide bonds. The van der Waals surface area contributed by atoms with Crippen LogP contribution in [0, 0.1) is 17.2 Å². The van der Waals surface area contributed by atoms with Crippen LogP contribution in [0.3, 0.4) is 0 Å². The summed E-state index contributed by atoms with van der Waals surface area (Å²) in [7, 11) is 0. The molecule has 0 saturated heterocycles. The number of aryl methyl sites for hydroxylation is 1. The van der Waals surface area contributed by atoms with Crippen LogP contribution in [0.15, 0.2) is 30.3 Å². The molecule has 5 nitrogen and oxygen atoms in total. The maximum atomic E-state index is 13.4. The fraction of sp³-hybridized carbons (Fsp3) is 0.481. The molecular formula is C27H32F3N3O2. The first kappa shape index (κ1) is 26.4. The van der Waals surface area contributed by atoms with Crippen molar-refractivity contribution in [1.29, 1.82) is 5.26 Å². The van der Waals surface area contributed by atoms with Crippen molar-refractivity contribution < 1.29 is 23.1 Å². The first-order valence-electron chi connectivity index (χ1n) is 12.0. The summed E-state index contributed by atoms with van der Waals surface area (Å²) in [5.74, 6) is 0.406. The third kappa shape index (κ3) is 6.47. The molecule has 0 unspecified atom stereocenters. The molecule has 0 fully saturated rings. The molecule has 1 aliphatic rings. The van der Waals surface area contributed by atoms with Crippen molar-refractivity contribution in [2.24, 2.45) is 5.92 Å². The average molecular weight is 488 g/mol. The van der Waals surface area contributed by atoms with Crippen LogP contribution in [-0.2, 0) is 32.1 Å². The number of hydrogen-bond acceptors (Lipinski definition) is 3. The minimum Gasteiger partial charge on any atom is -0.465 e. The zero-order chi connectivity index (χ0) is 25.8. The second-order valence-electron chi connectivity index (χ2n) is 9.51.